The first-order valence-corrected chi connectivity index (χ1v) is 5.40. The van der Waals surface area contributed by atoms with Gasteiger partial charge in [0.25, 0.3) is 0 Å². The van der Waals surface area contributed by atoms with E-state index in [1.165, 1.54) is 4.73 Å². The zero-order chi connectivity index (χ0) is 12.4. The Kier molecular flexibility index (Phi) is 2.95. The number of carbonyl (C=O) groups is 2. The normalized spacial score (nSPS) is 10.8. The molecule has 2 aromatic rings. The Balaban J connectivity index is 2.64. The van der Waals surface area contributed by atoms with Gasteiger partial charge in [0.2, 0.25) is 5.78 Å². The van der Waals surface area contributed by atoms with E-state index >= 15 is 0 Å². The van der Waals surface area contributed by atoms with Crippen molar-refractivity contribution < 1.29 is 14.4 Å². The summed E-state index contributed by atoms with van der Waals surface area (Å²) in [4.78, 5) is 27.8. The second kappa shape index (κ2) is 4.41. The van der Waals surface area contributed by atoms with Crippen molar-refractivity contribution in [1.29, 1.82) is 0 Å². The van der Waals surface area contributed by atoms with E-state index in [2.05, 4.69) is 0 Å². The van der Waals surface area contributed by atoms with Crippen molar-refractivity contribution in [2.75, 3.05) is 0 Å². The Hall–Kier alpha value is -2.10. The summed E-state index contributed by atoms with van der Waals surface area (Å²) in [6.45, 7) is 3.72. The van der Waals surface area contributed by atoms with Gasteiger partial charge in [-0.05, 0) is 13.8 Å². The number of hydrogen-bond acceptors (Lipinski definition) is 3. The average Bonchev–Trinajstić information content (AvgIpc) is 2.65. The van der Waals surface area contributed by atoms with Crippen LogP contribution in [0.15, 0.2) is 30.5 Å². The molecule has 1 heterocycles. The fraction of sp³-hybridized carbons (Fsp3) is 0.231. The zero-order valence-electron chi connectivity index (χ0n) is 9.71. The van der Waals surface area contributed by atoms with Crippen LogP contribution >= 0.6 is 0 Å². The van der Waals surface area contributed by atoms with Gasteiger partial charge < -0.3 is 4.84 Å². The summed E-state index contributed by atoms with van der Waals surface area (Å²) in [5.41, 5.74) is 0.282. The van der Waals surface area contributed by atoms with Gasteiger partial charge >= 0.3 is 0 Å². The predicted octanol–water partition coefficient (Wildman–Crippen LogP) is 1.86. The fourth-order valence-corrected chi connectivity index (χ4v) is 1.74. The molecule has 17 heavy (non-hydrogen) atoms. The predicted molar refractivity (Wildman–Crippen MR) is 64.0 cm³/mol. The molecule has 0 spiro atoms. The minimum Gasteiger partial charge on any atom is -0.411 e. The van der Waals surface area contributed by atoms with Crippen molar-refractivity contribution in [2.24, 2.45) is 0 Å². The standard InChI is InChI=1S/C13H13NO3/c1-9(2)17-14-7-10-5-3-4-6-11(10)13(14)12(16)8-15/h3-9H,1-2H3. The SMILES string of the molecule is CC(C)On1cc2ccccc2c1C(=O)C=O. The summed E-state index contributed by atoms with van der Waals surface area (Å²) in [5.74, 6) is -0.577. The van der Waals surface area contributed by atoms with Gasteiger partial charge in [-0.1, -0.05) is 24.3 Å². The minimum absolute atomic E-state index is 0.0741. The van der Waals surface area contributed by atoms with Crippen molar-refractivity contribution in [1.82, 2.24) is 4.73 Å². The highest BCUT2D eigenvalue weighted by molar-refractivity contribution is 6.35. The van der Waals surface area contributed by atoms with E-state index in [9.17, 15) is 9.59 Å². The van der Waals surface area contributed by atoms with Crippen molar-refractivity contribution in [3.8, 4) is 0 Å². The molecule has 1 aromatic carbocycles. The largest absolute Gasteiger partial charge is 0.411 e. The smallest absolute Gasteiger partial charge is 0.245 e. The second-order valence-corrected chi connectivity index (χ2v) is 4.03. The number of nitrogens with zero attached hydrogens (tertiary/aromatic N) is 1. The van der Waals surface area contributed by atoms with Crippen LogP contribution in [0, 0.1) is 0 Å². The molecule has 4 nitrogen and oxygen atoms in total. The van der Waals surface area contributed by atoms with Gasteiger partial charge in [-0.3, -0.25) is 9.59 Å². The summed E-state index contributed by atoms with van der Waals surface area (Å²) in [5, 5.41) is 1.60. The quantitative estimate of drug-likeness (QED) is 0.458. The van der Waals surface area contributed by atoms with Crippen molar-refractivity contribution in [2.45, 2.75) is 20.0 Å². The molecule has 0 atom stereocenters. The van der Waals surface area contributed by atoms with E-state index in [4.69, 9.17) is 4.84 Å². The molecule has 0 aliphatic carbocycles. The first kappa shape index (κ1) is 11.4. The molecule has 0 aliphatic heterocycles. The van der Waals surface area contributed by atoms with Gasteiger partial charge in [0, 0.05) is 10.8 Å². The number of benzene rings is 1. The van der Waals surface area contributed by atoms with E-state index in [1.54, 1.807) is 12.3 Å². The summed E-state index contributed by atoms with van der Waals surface area (Å²) in [7, 11) is 0. The molecule has 0 unspecified atom stereocenters. The third-order valence-electron chi connectivity index (χ3n) is 2.36. The van der Waals surface area contributed by atoms with Crippen molar-refractivity contribution >= 4 is 22.8 Å². The first-order valence-electron chi connectivity index (χ1n) is 5.40. The van der Waals surface area contributed by atoms with Crippen LogP contribution < -0.4 is 4.84 Å². The summed E-state index contributed by atoms with van der Waals surface area (Å²) < 4.78 is 1.38. The topological polar surface area (TPSA) is 48.3 Å². The summed E-state index contributed by atoms with van der Waals surface area (Å²) >= 11 is 0. The molecule has 2 rings (SSSR count). The molecule has 88 valence electrons. The van der Waals surface area contributed by atoms with Gasteiger partial charge in [0.05, 0.1) is 6.20 Å². The minimum atomic E-state index is -0.577. The van der Waals surface area contributed by atoms with Crippen LogP contribution in [-0.4, -0.2) is 22.9 Å². The third-order valence-corrected chi connectivity index (χ3v) is 2.36. The van der Waals surface area contributed by atoms with Crippen LogP contribution in [0.4, 0.5) is 0 Å². The van der Waals surface area contributed by atoms with Crippen LogP contribution in [0.2, 0.25) is 0 Å². The molecule has 0 amide bonds. The third kappa shape index (κ3) is 2.06. The monoisotopic (exact) mass is 231 g/mol. The van der Waals surface area contributed by atoms with Crippen molar-refractivity contribution in [3.63, 3.8) is 0 Å². The van der Waals surface area contributed by atoms with Crippen LogP contribution in [0.25, 0.3) is 10.8 Å². The molecule has 0 bridgehead atoms. The molecule has 0 aliphatic rings. The zero-order valence-corrected chi connectivity index (χ0v) is 9.71. The van der Waals surface area contributed by atoms with E-state index in [-0.39, 0.29) is 11.8 Å². The molecule has 1 aromatic heterocycles. The number of aromatic nitrogens is 1. The molecular formula is C13H13NO3. The molecule has 0 fully saturated rings. The summed E-state index contributed by atoms with van der Waals surface area (Å²) in [6.07, 6.45) is 1.95. The van der Waals surface area contributed by atoms with Gasteiger partial charge in [0.1, 0.15) is 11.8 Å². The lowest BCUT2D eigenvalue weighted by Crippen LogP contribution is -2.22. The number of rotatable bonds is 4. The molecule has 0 radical (unpaired) electrons. The molecular weight excluding hydrogens is 218 g/mol. The highest BCUT2D eigenvalue weighted by atomic mass is 16.7. The number of ketones is 1. The molecule has 0 saturated carbocycles. The average molecular weight is 231 g/mol. The number of carbonyl (C=O) groups excluding carboxylic acids is 2. The molecule has 0 N–H and O–H groups in total. The Bertz CT molecular complexity index is 569. The highest BCUT2D eigenvalue weighted by Gasteiger charge is 2.17. The van der Waals surface area contributed by atoms with Gasteiger partial charge in [-0.15, -0.1) is 0 Å². The van der Waals surface area contributed by atoms with E-state index in [0.29, 0.717) is 6.29 Å². The Morgan fingerprint density at radius 3 is 2.71 bits per heavy atom. The lowest BCUT2D eigenvalue weighted by Gasteiger charge is -2.11. The van der Waals surface area contributed by atoms with Crippen molar-refractivity contribution in [3.05, 3.63) is 36.2 Å². The van der Waals surface area contributed by atoms with Crippen LogP contribution in [0.5, 0.6) is 0 Å². The maximum Gasteiger partial charge on any atom is 0.245 e. The molecule has 4 heteroatoms. The van der Waals surface area contributed by atoms with Gasteiger partial charge in [0.15, 0.2) is 6.29 Å². The van der Waals surface area contributed by atoms with E-state index in [0.717, 1.165) is 10.8 Å². The fourth-order valence-electron chi connectivity index (χ4n) is 1.74. The van der Waals surface area contributed by atoms with E-state index in [1.807, 2.05) is 32.0 Å². The number of Topliss-reactive ketones (excluding diaryl/α,β-unsaturated/α-hetero) is 1. The van der Waals surface area contributed by atoms with E-state index < -0.39 is 5.78 Å². The van der Waals surface area contributed by atoms with Crippen LogP contribution in [-0.2, 0) is 4.79 Å². The van der Waals surface area contributed by atoms with Gasteiger partial charge in [-0.25, -0.2) is 0 Å². The first-order chi connectivity index (χ1) is 8.13. The lowest BCUT2D eigenvalue weighted by atomic mass is 10.1. The maximum absolute atomic E-state index is 11.6. The molecule has 0 saturated heterocycles. The number of aldehydes is 1. The summed E-state index contributed by atoms with van der Waals surface area (Å²) in [6, 6.07) is 7.37. The second-order valence-electron chi connectivity index (χ2n) is 4.03. The van der Waals surface area contributed by atoms with Crippen LogP contribution in [0.1, 0.15) is 24.3 Å². The van der Waals surface area contributed by atoms with Crippen LogP contribution in [0.3, 0.4) is 0 Å². The number of fused-ring (bicyclic) bond motifs is 1. The van der Waals surface area contributed by atoms with Gasteiger partial charge in [-0.2, -0.15) is 4.73 Å². The lowest BCUT2D eigenvalue weighted by molar-refractivity contribution is -0.104. The Morgan fingerprint density at radius 2 is 2.06 bits per heavy atom. The maximum atomic E-state index is 11.6. The highest BCUT2D eigenvalue weighted by Crippen LogP contribution is 2.20. The number of hydrogen-bond donors (Lipinski definition) is 0. The Labute approximate surface area is 98.7 Å². The Morgan fingerprint density at radius 1 is 1.35 bits per heavy atom.